The van der Waals surface area contributed by atoms with Gasteiger partial charge < -0.3 is 14.2 Å². The Morgan fingerprint density at radius 3 is 2.50 bits per heavy atom. The molecular weight excluding hydrogens is 347 g/mol. The maximum atomic E-state index is 6.45. The summed E-state index contributed by atoms with van der Waals surface area (Å²) >= 11 is 12.6. The van der Waals surface area contributed by atoms with Crippen molar-refractivity contribution in [3.05, 3.63) is 40.8 Å². The Labute approximate surface area is 154 Å². The fraction of sp³-hybridized carbons (Fsp3) is 0.421. The Kier molecular flexibility index (Phi) is 6.88. The number of benzene rings is 1. The first-order valence-corrected chi connectivity index (χ1v) is 8.80. The van der Waals surface area contributed by atoms with Gasteiger partial charge in [-0.3, -0.25) is 0 Å². The first kappa shape index (κ1) is 19.0. The van der Waals surface area contributed by atoms with Gasteiger partial charge in [0.25, 0.3) is 0 Å². The summed E-state index contributed by atoms with van der Waals surface area (Å²) in [6, 6.07) is 1.93. The molecule has 0 amide bonds. The summed E-state index contributed by atoms with van der Waals surface area (Å²) in [5, 5.41) is 0.402. The van der Waals surface area contributed by atoms with E-state index in [4.69, 9.17) is 37.4 Å². The van der Waals surface area contributed by atoms with Crippen molar-refractivity contribution in [3.63, 3.8) is 0 Å². The Bertz CT molecular complexity index is 651. The molecule has 2 rings (SSSR count). The van der Waals surface area contributed by atoms with Crippen LogP contribution in [0.25, 0.3) is 5.57 Å². The van der Waals surface area contributed by atoms with Crippen LogP contribution in [-0.2, 0) is 0 Å². The molecule has 0 bridgehead atoms. The van der Waals surface area contributed by atoms with E-state index in [1.165, 1.54) is 0 Å². The summed E-state index contributed by atoms with van der Waals surface area (Å²) in [7, 11) is 3.22. The van der Waals surface area contributed by atoms with Crippen LogP contribution >= 0.6 is 23.2 Å². The summed E-state index contributed by atoms with van der Waals surface area (Å²) in [5.41, 5.74) is 2.78. The van der Waals surface area contributed by atoms with E-state index >= 15 is 0 Å². The first-order chi connectivity index (χ1) is 11.5. The van der Waals surface area contributed by atoms with Gasteiger partial charge in [0.1, 0.15) is 0 Å². The molecule has 1 aromatic rings. The average molecular weight is 370 g/mol. The number of aryl methyl sites for hydroxylation is 1. The van der Waals surface area contributed by atoms with E-state index in [9.17, 15) is 0 Å². The van der Waals surface area contributed by atoms with Crippen LogP contribution in [0.4, 0.5) is 0 Å². The largest absolute Gasteiger partial charge is 0.493 e. The number of rotatable bonds is 7. The molecule has 1 atom stereocenters. The van der Waals surface area contributed by atoms with Crippen LogP contribution in [0.3, 0.4) is 0 Å². The van der Waals surface area contributed by atoms with Crippen molar-refractivity contribution < 1.29 is 14.2 Å². The van der Waals surface area contributed by atoms with Crippen LogP contribution in [-0.4, -0.2) is 26.2 Å². The summed E-state index contributed by atoms with van der Waals surface area (Å²) in [4.78, 5) is 0. The number of unbranched alkanes of at least 4 members (excludes halogenated alkanes) is 1. The second-order valence-corrected chi connectivity index (χ2v) is 6.48. The van der Waals surface area contributed by atoms with E-state index in [2.05, 4.69) is 6.92 Å². The van der Waals surface area contributed by atoms with Crippen molar-refractivity contribution in [2.75, 3.05) is 20.8 Å². The van der Waals surface area contributed by atoms with Crippen molar-refractivity contribution >= 4 is 28.8 Å². The highest BCUT2D eigenvalue weighted by Crippen LogP contribution is 2.47. The second-order valence-electron chi connectivity index (χ2n) is 5.57. The number of ether oxygens (including phenoxy) is 3. The molecule has 131 valence electrons. The topological polar surface area (TPSA) is 27.7 Å². The molecule has 0 fully saturated rings. The van der Waals surface area contributed by atoms with Crippen LogP contribution in [0.1, 0.15) is 30.9 Å². The van der Waals surface area contributed by atoms with E-state index in [0.29, 0.717) is 28.9 Å². The molecule has 1 aliphatic rings. The van der Waals surface area contributed by atoms with Crippen molar-refractivity contribution in [2.24, 2.45) is 0 Å². The zero-order chi connectivity index (χ0) is 17.7. The van der Waals surface area contributed by atoms with Crippen LogP contribution in [0.2, 0.25) is 0 Å². The third-order valence-corrected chi connectivity index (χ3v) is 4.45. The van der Waals surface area contributed by atoms with Gasteiger partial charge in [0.15, 0.2) is 11.5 Å². The zero-order valence-corrected chi connectivity index (χ0v) is 16.0. The van der Waals surface area contributed by atoms with E-state index < -0.39 is 0 Å². The molecule has 1 aliphatic carbocycles. The summed E-state index contributed by atoms with van der Waals surface area (Å²) in [5.74, 6) is 1.87. The minimum Gasteiger partial charge on any atom is -0.493 e. The molecule has 24 heavy (non-hydrogen) atoms. The van der Waals surface area contributed by atoms with E-state index in [1.54, 1.807) is 14.2 Å². The monoisotopic (exact) mass is 369 g/mol. The predicted molar refractivity (Wildman–Crippen MR) is 101 cm³/mol. The highest BCUT2D eigenvalue weighted by Gasteiger charge is 2.24. The molecule has 0 heterocycles. The second kappa shape index (κ2) is 8.68. The van der Waals surface area contributed by atoms with E-state index in [0.717, 1.165) is 29.5 Å². The summed E-state index contributed by atoms with van der Waals surface area (Å²) in [6.45, 7) is 4.72. The Morgan fingerprint density at radius 1 is 1.17 bits per heavy atom. The average Bonchev–Trinajstić information content (AvgIpc) is 2.55. The lowest BCUT2D eigenvalue weighted by Crippen LogP contribution is -2.08. The lowest BCUT2D eigenvalue weighted by atomic mass is 9.93. The van der Waals surface area contributed by atoms with Gasteiger partial charge in [-0.1, -0.05) is 37.1 Å². The fourth-order valence-corrected chi connectivity index (χ4v) is 3.19. The molecule has 0 aliphatic heterocycles. The molecule has 1 radical (unpaired) electrons. The maximum absolute atomic E-state index is 6.45. The number of methoxy groups -OCH3 is 2. The van der Waals surface area contributed by atoms with Crippen LogP contribution in [0.15, 0.2) is 23.3 Å². The molecule has 3 nitrogen and oxygen atoms in total. The molecule has 0 spiro atoms. The van der Waals surface area contributed by atoms with Crippen molar-refractivity contribution in [1.29, 1.82) is 0 Å². The number of hydrogen-bond donors (Lipinski definition) is 0. The SMILES string of the molecule is CCCCOc1c(OC)c(OC)cc(C)c1C1=C(Cl)[CH]C(Cl)C=C1. The molecule has 0 saturated carbocycles. The number of hydrogen-bond acceptors (Lipinski definition) is 3. The number of allylic oxidation sites excluding steroid dienone is 4. The van der Waals surface area contributed by atoms with Crippen molar-refractivity contribution in [1.82, 2.24) is 0 Å². The van der Waals surface area contributed by atoms with Gasteiger partial charge in [-0.05, 0) is 25.0 Å². The predicted octanol–water partition coefficient (Wildman–Crippen LogP) is 5.52. The van der Waals surface area contributed by atoms with Gasteiger partial charge in [-0.2, -0.15) is 0 Å². The number of halogens is 2. The van der Waals surface area contributed by atoms with Gasteiger partial charge in [0.05, 0.1) is 26.2 Å². The van der Waals surface area contributed by atoms with Crippen LogP contribution in [0, 0.1) is 13.3 Å². The third-order valence-electron chi connectivity index (χ3n) is 3.85. The first-order valence-electron chi connectivity index (χ1n) is 7.99. The standard InChI is InChI=1S/C19H23Cl2O3/c1-5-6-9-24-19-17(14-8-7-13(20)11-15(14)21)12(2)10-16(22-3)18(19)23-4/h7-8,10-11,13H,5-6,9H2,1-4H3. The van der Waals surface area contributed by atoms with Gasteiger partial charge in [0.2, 0.25) is 5.75 Å². The van der Waals surface area contributed by atoms with Gasteiger partial charge in [-0.25, -0.2) is 0 Å². The smallest absolute Gasteiger partial charge is 0.203 e. The van der Waals surface area contributed by atoms with Crippen molar-refractivity contribution in [2.45, 2.75) is 32.1 Å². The third kappa shape index (κ3) is 4.01. The van der Waals surface area contributed by atoms with Crippen LogP contribution in [0.5, 0.6) is 17.2 Å². The normalized spacial score (nSPS) is 17.2. The van der Waals surface area contributed by atoms with Crippen molar-refractivity contribution in [3.8, 4) is 17.2 Å². The van der Waals surface area contributed by atoms with Gasteiger partial charge in [0, 0.05) is 22.6 Å². The molecule has 0 saturated heterocycles. The Morgan fingerprint density at radius 2 is 1.92 bits per heavy atom. The molecule has 0 N–H and O–H groups in total. The summed E-state index contributed by atoms with van der Waals surface area (Å²) in [6.07, 6.45) is 7.64. The van der Waals surface area contributed by atoms with Crippen LogP contribution < -0.4 is 14.2 Å². The fourth-order valence-electron chi connectivity index (χ4n) is 2.63. The highest BCUT2D eigenvalue weighted by molar-refractivity contribution is 6.36. The van der Waals surface area contributed by atoms with Gasteiger partial charge in [-0.15, -0.1) is 11.6 Å². The molecule has 1 unspecified atom stereocenters. The number of alkyl halides is 1. The lowest BCUT2D eigenvalue weighted by Gasteiger charge is -2.22. The molecule has 5 heteroatoms. The summed E-state index contributed by atoms with van der Waals surface area (Å²) < 4.78 is 17.1. The molecular formula is C19H23Cl2O3. The molecule has 0 aromatic heterocycles. The van der Waals surface area contributed by atoms with E-state index in [-0.39, 0.29) is 5.38 Å². The minimum atomic E-state index is -0.203. The van der Waals surface area contributed by atoms with Gasteiger partial charge >= 0.3 is 0 Å². The Balaban J connectivity index is 2.60. The highest BCUT2D eigenvalue weighted by atomic mass is 35.5. The molecule has 1 aromatic carbocycles. The zero-order valence-electron chi connectivity index (χ0n) is 14.5. The quantitative estimate of drug-likeness (QED) is 0.467. The lowest BCUT2D eigenvalue weighted by molar-refractivity contribution is 0.278. The Hall–Kier alpha value is -1.32. The van der Waals surface area contributed by atoms with E-state index in [1.807, 2.05) is 31.6 Å². The minimum absolute atomic E-state index is 0.203. The maximum Gasteiger partial charge on any atom is 0.203 e.